The van der Waals surface area contributed by atoms with Crippen molar-refractivity contribution in [3.63, 3.8) is 0 Å². The lowest BCUT2D eigenvalue weighted by Crippen LogP contribution is -2.36. The van der Waals surface area contributed by atoms with Crippen molar-refractivity contribution in [2.75, 3.05) is 36.5 Å². The highest BCUT2D eigenvalue weighted by atomic mass is 79.9. The summed E-state index contributed by atoms with van der Waals surface area (Å²) in [7, 11) is 2.04. The molecule has 2 rings (SSSR count). The van der Waals surface area contributed by atoms with E-state index in [0.717, 1.165) is 35.4 Å². The molecule has 0 unspecified atom stereocenters. The highest BCUT2D eigenvalue weighted by Gasteiger charge is 2.22. The monoisotopic (exact) mass is 297 g/mol. The van der Waals surface area contributed by atoms with Gasteiger partial charge in [-0.15, -0.1) is 0 Å². The van der Waals surface area contributed by atoms with Gasteiger partial charge < -0.3 is 15.5 Å². The Morgan fingerprint density at radius 3 is 2.88 bits per heavy atom. The van der Waals surface area contributed by atoms with Crippen LogP contribution in [0.3, 0.4) is 0 Å². The zero-order chi connectivity index (χ0) is 12.4. The number of carbonyl (C=O) groups excluding carboxylic acids is 1. The Labute approximate surface area is 110 Å². The van der Waals surface area contributed by atoms with Crippen molar-refractivity contribution in [3.05, 3.63) is 22.7 Å². The highest BCUT2D eigenvalue weighted by molar-refractivity contribution is 9.10. The minimum Gasteiger partial charge on any atom is -0.373 e. The van der Waals surface area contributed by atoms with Gasteiger partial charge in [0.05, 0.1) is 17.9 Å². The maximum absolute atomic E-state index is 11.8. The van der Waals surface area contributed by atoms with E-state index in [9.17, 15) is 4.79 Å². The Hall–Kier alpha value is -1.07. The zero-order valence-corrected chi connectivity index (χ0v) is 11.4. The van der Waals surface area contributed by atoms with Gasteiger partial charge in [0.15, 0.2) is 0 Å². The summed E-state index contributed by atoms with van der Waals surface area (Å²) in [6.07, 6.45) is 0.953. The number of benzene rings is 1. The molecular weight excluding hydrogens is 282 g/mol. The normalized spacial score (nSPS) is 15.5. The quantitative estimate of drug-likeness (QED) is 0.856. The summed E-state index contributed by atoms with van der Waals surface area (Å²) in [6, 6.07) is 5.96. The molecule has 0 saturated heterocycles. The van der Waals surface area contributed by atoms with E-state index in [1.54, 1.807) is 4.90 Å². The van der Waals surface area contributed by atoms with Gasteiger partial charge in [0.2, 0.25) is 5.91 Å². The van der Waals surface area contributed by atoms with Crippen LogP contribution in [0.5, 0.6) is 0 Å². The molecule has 0 aliphatic carbocycles. The topological polar surface area (TPSA) is 49.6 Å². The molecule has 1 aliphatic heterocycles. The fourth-order valence-corrected chi connectivity index (χ4v) is 2.46. The van der Waals surface area contributed by atoms with Gasteiger partial charge in [-0.1, -0.05) is 15.9 Å². The lowest BCUT2D eigenvalue weighted by atomic mass is 10.2. The third-order valence-corrected chi connectivity index (χ3v) is 3.48. The molecule has 17 heavy (non-hydrogen) atoms. The van der Waals surface area contributed by atoms with Gasteiger partial charge in [0.25, 0.3) is 0 Å². The lowest BCUT2D eigenvalue weighted by molar-refractivity contribution is -0.117. The zero-order valence-electron chi connectivity index (χ0n) is 9.82. The number of nitrogens with zero attached hydrogens (tertiary/aromatic N) is 2. The van der Waals surface area contributed by atoms with Crippen molar-refractivity contribution in [2.45, 2.75) is 6.42 Å². The van der Waals surface area contributed by atoms with E-state index < -0.39 is 0 Å². The molecule has 0 aromatic heterocycles. The van der Waals surface area contributed by atoms with E-state index in [1.807, 2.05) is 25.2 Å². The molecule has 0 bridgehead atoms. The van der Waals surface area contributed by atoms with Gasteiger partial charge >= 0.3 is 0 Å². The van der Waals surface area contributed by atoms with Crippen molar-refractivity contribution in [1.29, 1.82) is 0 Å². The second-order valence-electron chi connectivity index (χ2n) is 4.16. The smallest absolute Gasteiger partial charge is 0.240 e. The predicted molar refractivity (Wildman–Crippen MR) is 73.4 cm³/mol. The number of anilines is 2. The summed E-state index contributed by atoms with van der Waals surface area (Å²) in [5.74, 6) is -0.0242. The minimum atomic E-state index is -0.0242. The first-order valence-electron chi connectivity index (χ1n) is 5.64. The van der Waals surface area contributed by atoms with E-state index in [4.69, 9.17) is 5.73 Å². The first-order valence-corrected chi connectivity index (χ1v) is 6.44. The third-order valence-electron chi connectivity index (χ3n) is 2.99. The Morgan fingerprint density at radius 1 is 1.41 bits per heavy atom. The molecule has 0 spiro atoms. The van der Waals surface area contributed by atoms with E-state index in [-0.39, 0.29) is 12.5 Å². The fourth-order valence-electron chi connectivity index (χ4n) is 2.11. The summed E-state index contributed by atoms with van der Waals surface area (Å²) < 4.78 is 1.02. The van der Waals surface area contributed by atoms with Crippen molar-refractivity contribution in [2.24, 2.45) is 5.73 Å². The Balaban J connectivity index is 2.47. The average Bonchev–Trinajstić information content (AvgIpc) is 2.48. The number of rotatable bonds is 1. The van der Waals surface area contributed by atoms with Crippen LogP contribution in [0.15, 0.2) is 22.7 Å². The van der Waals surface area contributed by atoms with Crippen LogP contribution in [0.25, 0.3) is 0 Å². The third kappa shape index (κ3) is 2.45. The maximum atomic E-state index is 11.8. The van der Waals surface area contributed by atoms with Gasteiger partial charge in [-0.3, -0.25) is 4.79 Å². The molecule has 4 nitrogen and oxygen atoms in total. The summed E-state index contributed by atoms with van der Waals surface area (Å²) in [5.41, 5.74) is 7.48. The van der Waals surface area contributed by atoms with Crippen LogP contribution >= 0.6 is 15.9 Å². The summed E-state index contributed by atoms with van der Waals surface area (Å²) in [5, 5.41) is 0. The van der Waals surface area contributed by atoms with Crippen LogP contribution in [0.2, 0.25) is 0 Å². The Kier molecular flexibility index (Phi) is 3.69. The molecule has 2 N–H and O–H groups in total. The van der Waals surface area contributed by atoms with Crippen molar-refractivity contribution in [3.8, 4) is 0 Å². The number of hydrogen-bond donors (Lipinski definition) is 1. The van der Waals surface area contributed by atoms with Crippen LogP contribution in [-0.2, 0) is 4.79 Å². The largest absolute Gasteiger partial charge is 0.373 e. The second kappa shape index (κ2) is 5.06. The van der Waals surface area contributed by atoms with Gasteiger partial charge in [-0.05, 0) is 24.6 Å². The Morgan fingerprint density at radius 2 is 2.18 bits per heavy atom. The molecular formula is C12H16BrN3O. The predicted octanol–water partition coefficient (Wildman–Crippen LogP) is 1.58. The van der Waals surface area contributed by atoms with Crippen LogP contribution in [0.4, 0.5) is 11.4 Å². The summed E-state index contributed by atoms with van der Waals surface area (Å²) >= 11 is 3.46. The molecule has 0 atom stereocenters. The Bertz CT molecular complexity index is 436. The fraction of sp³-hybridized carbons (Fsp3) is 0.417. The summed E-state index contributed by atoms with van der Waals surface area (Å²) in [6.45, 7) is 1.73. The number of nitrogens with two attached hydrogens (primary N) is 1. The van der Waals surface area contributed by atoms with E-state index in [0.29, 0.717) is 0 Å². The van der Waals surface area contributed by atoms with Gasteiger partial charge in [0.1, 0.15) is 0 Å². The van der Waals surface area contributed by atoms with Gasteiger partial charge in [-0.25, -0.2) is 0 Å². The standard InChI is InChI=1S/C12H16BrN3O/c1-15-5-2-6-16(12(17)8-14)10-4-3-9(13)7-11(10)15/h3-4,7H,2,5-6,8,14H2,1H3. The number of carbonyl (C=O) groups is 1. The highest BCUT2D eigenvalue weighted by Crippen LogP contribution is 2.33. The molecule has 92 valence electrons. The number of amides is 1. The molecule has 0 saturated carbocycles. The van der Waals surface area contributed by atoms with Crippen molar-refractivity contribution < 1.29 is 4.79 Å². The van der Waals surface area contributed by atoms with Gasteiger partial charge in [0, 0.05) is 24.6 Å². The van der Waals surface area contributed by atoms with Crippen LogP contribution in [0, 0.1) is 0 Å². The van der Waals surface area contributed by atoms with E-state index in [2.05, 4.69) is 20.8 Å². The number of halogens is 1. The molecule has 1 heterocycles. The van der Waals surface area contributed by atoms with Crippen LogP contribution in [0.1, 0.15) is 6.42 Å². The van der Waals surface area contributed by atoms with Crippen LogP contribution in [-0.4, -0.2) is 32.6 Å². The molecule has 0 fully saturated rings. The maximum Gasteiger partial charge on any atom is 0.240 e. The van der Waals surface area contributed by atoms with Crippen molar-refractivity contribution in [1.82, 2.24) is 0 Å². The van der Waals surface area contributed by atoms with Crippen molar-refractivity contribution >= 4 is 33.2 Å². The second-order valence-corrected chi connectivity index (χ2v) is 5.07. The molecule has 0 radical (unpaired) electrons. The first-order chi connectivity index (χ1) is 8.13. The van der Waals surface area contributed by atoms with E-state index >= 15 is 0 Å². The minimum absolute atomic E-state index is 0.0242. The SMILES string of the molecule is CN1CCCN(C(=O)CN)c2ccc(Br)cc21. The first kappa shape index (κ1) is 12.4. The molecule has 1 amide bonds. The number of fused-ring (bicyclic) bond motifs is 1. The number of hydrogen-bond acceptors (Lipinski definition) is 3. The molecule has 1 aliphatic rings. The summed E-state index contributed by atoms with van der Waals surface area (Å²) in [4.78, 5) is 15.8. The molecule has 1 aromatic rings. The van der Waals surface area contributed by atoms with Crippen LogP contribution < -0.4 is 15.5 Å². The van der Waals surface area contributed by atoms with Gasteiger partial charge in [-0.2, -0.15) is 0 Å². The molecule has 1 aromatic carbocycles. The lowest BCUT2D eigenvalue weighted by Gasteiger charge is -2.24. The average molecular weight is 298 g/mol. The molecule has 5 heteroatoms. The van der Waals surface area contributed by atoms with E-state index in [1.165, 1.54) is 0 Å².